The zero-order valence-corrected chi connectivity index (χ0v) is 10.9. The highest BCUT2D eigenvalue weighted by Crippen LogP contribution is 2.09. The molecule has 5 nitrogen and oxygen atoms in total. The largest absolute Gasteiger partial charge is 0.454 e. The number of aromatic nitrogens is 2. The topological polar surface area (TPSA) is 65.2 Å². The van der Waals surface area contributed by atoms with Gasteiger partial charge in [-0.1, -0.05) is 5.16 Å². The lowest BCUT2D eigenvalue weighted by molar-refractivity contribution is -0.139. The van der Waals surface area contributed by atoms with Crippen LogP contribution in [0, 0.1) is 13.8 Å². The van der Waals surface area contributed by atoms with Gasteiger partial charge in [-0.15, -0.1) is 11.3 Å². The smallest absolute Gasteiger partial charge is 0.331 e. The molecule has 0 saturated heterocycles. The number of nitrogens with zero attached hydrogens (tertiary/aromatic N) is 2. The molecule has 0 bridgehead atoms. The minimum atomic E-state index is -0.435. The van der Waals surface area contributed by atoms with E-state index in [1.807, 2.05) is 12.3 Å². The van der Waals surface area contributed by atoms with Gasteiger partial charge in [0, 0.05) is 17.5 Å². The highest BCUT2D eigenvalue weighted by molar-refractivity contribution is 7.09. The predicted molar refractivity (Wildman–Crippen MR) is 66.9 cm³/mol. The molecule has 0 aromatic carbocycles. The number of thiazole rings is 1. The minimum Gasteiger partial charge on any atom is -0.454 e. The Morgan fingerprint density at radius 2 is 2.39 bits per heavy atom. The Morgan fingerprint density at radius 1 is 1.56 bits per heavy atom. The average Bonchev–Trinajstić information content (AvgIpc) is 2.93. The Bertz CT molecular complexity index is 571. The zero-order chi connectivity index (χ0) is 13.0. The Morgan fingerprint density at radius 3 is 3.00 bits per heavy atom. The highest BCUT2D eigenvalue weighted by Gasteiger charge is 2.04. The van der Waals surface area contributed by atoms with Gasteiger partial charge in [-0.25, -0.2) is 9.78 Å². The first kappa shape index (κ1) is 12.5. The summed E-state index contributed by atoms with van der Waals surface area (Å²) in [6, 6.07) is 1.72. The third-order valence-electron chi connectivity index (χ3n) is 2.06. The van der Waals surface area contributed by atoms with Crippen LogP contribution in [0.4, 0.5) is 0 Å². The third kappa shape index (κ3) is 3.53. The molecule has 2 aromatic heterocycles. The summed E-state index contributed by atoms with van der Waals surface area (Å²) in [4.78, 5) is 15.6. The van der Waals surface area contributed by atoms with Crippen molar-refractivity contribution in [3.63, 3.8) is 0 Å². The predicted octanol–water partition coefficient (Wildman–Crippen LogP) is 2.50. The molecule has 0 aliphatic heterocycles. The number of hydrogen-bond acceptors (Lipinski definition) is 6. The fraction of sp³-hybridized carbons (Fsp3) is 0.250. The van der Waals surface area contributed by atoms with Crippen LogP contribution >= 0.6 is 11.3 Å². The van der Waals surface area contributed by atoms with E-state index in [2.05, 4.69) is 10.1 Å². The van der Waals surface area contributed by atoms with Crippen molar-refractivity contribution < 1.29 is 14.1 Å². The lowest BCUT2D eigenvalue weighted by atomic mass is 10.4. The zero-order valence-electron chi connectivity index (χ0n) is 10.0. The van der Waals surface area contributed by atoms with Gasteiger partial charge < -0.3 is 9.26 Å². The Balaban J connectivity index is 1.83. The van der Waals surface area contributed by atoms with Gasteiger partial charge in [0.05, 0.1) is 16.4 Å². The van der Waals surface area contributed by atoms with Gasteiger partial charge in [0.15, 0.2) is 12.4 Å². The summed E-state index contributed by atoms with van der Waals surface area (Å²) in [6.45, 7) is 3.80. The van der Waals surface area contributed by atoms with E-state index in [4.69, 9.17) is 9.26 Å². The second-order valence-corrected chi connectivity index (χ2v) is 4.73. The standard InChI is InChI=1S/C12H12N2O3S/c1-8-5-11(17-14-8)6-16-12(15)4-3-10-7-18-9(2)13-10/h3-5,7H,6H2,1-2H3/b4-3+. The van der Waals surface area contributed by atoms with Gasteiger partial charge >= 0.3 is 5.97 Å². The molecule has 0 N–H and O–H groups in total. The van der Waals surface area contributed by atoms with Crippen LogP contribution in [0.15, 0.2) is 22.0 Å². The number of aryl methyl sites for hydroxylation is 2. The fourth-order valence-electron chi connectivity index (χ4n) is 1.28. The summed E-state index contributed by atoms with van der Waals surface area (Å²) < 4.78 is 9.90. The molecule has 0 atom stereocenters. The van der Waals surface area contributed by atoms with Crippen LogP contribution in [0.1, 0.15) is 22.2 Å². The molecular weight excluding hydrogens is 252 g/mol. The van der Waals surface area contributed by atoms with E-state index in [1.54, 1.807) is 19.1 Å². The number of esters is 1. The van der Waals surface area contributed by atoms with Crippen LogP contribution < -0.4 is 0 Å². The maximum Gasteiger partial charge on any atom is 0.331 e. The molecule has 0 saturated carbocycles. The number of ether oxygens (including phenoxy) is 1. The molecule has 0 amide bonds. The second-order valence-electron chi connectivity index (χ2n) is 3.67. The van der Waals surface area contributed by atoms with E-state index in [0.29, 0.717) is 5.76 Å². The van der Waals surface area contributed by atoms with Crippen LogP contribution in [0.2, 0.25) is 0 Å². The van der Waals surface area contributed by atoms with Crippen LogP contribution in [0.5, 0.6) is 0 Å². The molecule has 2 rings (SSSR count). The van der Waals surface area contributed by atoms with Crippen LogP contribution in [-0.2, 0) is 16.1 Å². The van der Waals surface area contributed by atoms with Gasteiger partial charge in [0.1, 0.15) is 0 Å². The molecule has 0 radical (unpaired) electrons. The molecule has 6 heteroatoms. The molecular formula is C12H12N2O3S. The summed E-state index contributed by atoms with van der Waals surface area (Å²) in [5, 5.41) is 6.53. The lowest BCUT2D eigenvalue weighted by Gasteiger charge is -1.96. The number of hydrogen-bond donors (Lipinski definition) is 0. The van der Waals surface area contributed by atoms with Gasteiger partial charge in [-0.05, 0) is 19.9 Å². The maximum atomic E-state index is 11.4. The van der Waals surface area contributed by atoms with Crippen molar-refractivity contribution in [2.75, 3.05) is 0 Å². The van der Waals surface area contributed by atoms with Crippen molar-refractivity contribution in [1.29, 1.82) is 0 Å². The summed E-state index contributed by atoms with van der Waals surface area (Å²) in [5.41, 5.74) is 1.51. The number of rotatable bonds is 4. The summed E-state index contributed by atoms with van der Waals surface area (Å²) in [5.74, 6) is 0.0912. The summed E-state index contributed by atoms with van der Waals surface area (Å²) in [6.07, 6.45) is 2.97. The minimum absolute atomic E-state index is 0.0834. The number of carbonyl (C=O) groups is 1. The molecule has 94 valence electrons. The quantitative estimate of drug-likeness (QED) is 0.627. The Hall–Kier alpha value is -1.95. The van der Waals surface area contributed by atoms with E-state index in [1.165, 1.54) is 17.4 Å². The van der Waals surface area contributed by atoms with Gasteiger partial charge in [0.25, 0.3) is 0 Å². The Labute approximate surface area is 108 Å². The van der Waals surface area contributed by atoms with Crippen LogP contribution in [-0.4, -0.2) is 16.1 Å². The summed E-state index contributed by atoms with van der Waals surface area (Å²) in [7, 11) is 0. The molecule has 0 spiro atoms. The van der Waals surface area contributed by atoms with Gasteiger partial charge in [0.2, 0.25) is 0 Å². The van der Waals surface area contributed by atoms with Gasteiger partial charge in [-0.3, -0.25) is 0 Å². The monoisotopic (exact) mass is 264 g/mol. The highest BCUT2D eigenvalue weighted by atomic mass is 32.1. The second kappa shape index (κ2) is 5.59. The first-order chi connectivity index (χ1) is 8.63. The third-order valence-corrected chi connectivity index (χ3v) is 2.85. The molecule has 0 unspecified atom stereocenters. The van der Waals surface area contributed by atoms with Gasteiger partial charge in [-0.2, -0.15) is 0 Å². The molecule has 0 fully saturated rings. The van der Waals surface area contributed by atoms with Crippen molar-refractivity contribution >= 4 is 23.4 Å². The molecule has 2 aromatic rings. The van der Waals surface area contributed by atoms with Crippen LogP contribution in [0.3, 0.4) is 0 Å². The Kier molecular flexibility index (Phi) is 3.88. The molecule has 18 heavy (non-hydrogen) atoms. The van der Waals surface area contributed by atoms with E-state index in [-0.39, 0.29) is 6.61 Å². The molecule has 2 heterocycles. The van der Waals surface area contributed by atoms with Crippen molar-refractivity contribution in [2.24, 2.45) is 0 Å². The van der Waals surface area contributed by atoms with Crippen LogP contribution in [0.25, 0.3) is 6.08 Å². The summed E-state index contributed by atoms with van der Waals surface area (Å²) >= 11 is 1.53. The van der Waals surface area contributed by atoms with Crippen molar-refractivity contribution in [3.05, 3.63) is 39.7 Å². The van der Waals surface area contributed by atoms with Crippen molar-refractivity contribution in [2.45, 2.75) is 20.5 Å². The van der Waals surface area contributed by atoms with E-state index in [9.17, 15) is 4.79 Å². The van der Waals surface area contributed by atoms with E-state index in [0.717, 1.165) is 16.4 Å². The SMILES string of the molecule is Cc1cc(COC(=O)/C=C/c2csc(C)n2)on1. The fourth-order valence-corrected chi connectivity index (χ4v) is 1.87. The normalized spacial score (nSPS) is 11.0. The average molecular weight is 264 g/mol. The first-order valence-electron chi connectivity index (χ1n) is 5.32. The van der Waals surface area contributed by atoms with E-state index < -0.39 is 5.97 Å². The molecule has 0 aliphatic rings. The number of carbonyl (C=O) groups excluding carboxylic acids is 1. The van der Waals surface area contributed by atoms with Crippen molar-refractivity contribution in [1.82, 2.24) is 10.1 Å². The first-order valence-corrected chi connectivity index (χ1v) is 6.20. The molecule has 0 aliphatic carbocycles. The van der Waals surface area contributed by atoms with Crippen molar-refractivity contribution in [3.8, 4) is 0 Å². The lowest BCUT2D eigenvalue weighted by Crippen LogP contribution is -1.99. The van der Waals surface area contributed by atoms with E-state index >= 15 is 0 Å². The maximum absolute atomic E-state index is 11.4.